The van der Waals surface area contributed by atoms with Gasteiger partial charge in [-0.15, -0.1) is 0 Å². The highest BCUT2D eigenvalue weighted by Crippen LogP contribution is 2.20. The van der Waals surface area contributed by atoms with Crippen molar-refractivity contribution < 1.29 is 9.63 Å². The Morgan fingerprint density at radius 2 is 1.92 bits per heavy atom. The van der Waals surface area contributed by atoms with Gasteiger partial charge in [0.2, 0.25) is 5.91 Å². The summed E-state index contributed by atoms with van der Waals surface area (Å²) < 4.78 is 0. The number of carbonyl (C=O) groups is 1. The van der Waals surface area contributed by atoms with Crippen molar-refractivity contribution in [1.82, 2.24) is 5.06 Å². The number of nitrogens with zero attached hydrogens (tertiary/aromatic N) is 1. The summed E-state index contributed by atoms with van der Waals surface area (Å²) in [7, 11) is 3.12. The maximum atomic E-state index is 11.2. The molecule has 0 aromatic carbocycles. The average molecular weight is 173 g/mol. The standard InChI is InChI=1S/C9H19NO2/c1-9(2,3)7-6-8(11)10(4)12-5/h6-7H2,1-5H3. The summed E-state index contributed by atoms with van der Waals surface area (Å²) in [6.07, 6.45) is 1.44. The van der Waals surface area contributed by atoms with Gasteiger partial charge in [0, 0.05) is 13.5 Å². The average Bonchev–Trinajstić information content (AvgIpc) is 1.97. The lowest BCUT2D eigenvalue weighted by Gasteiger charge is -2.19. The van der Waals surface area contributed by atoms with Crippen LogP contribution in [0.4, 0.5) is 0 Å². The summed E-state index contributed by atoms with van der Waals surface area (Å²) >= 11 is 0. The Bertz CT molecular complexity index is 149. The first-order valence-electron chi connectivity index (χ1n) is 4.17. The summed E-state index contributed by atoms with van der Waals surface area (Å²) in [6, 6.07) is 0. The number of hydrogen-bond acceptors (Lipinski definition) is 2. The third kappa shape index (κ3) is 5.13. The molecule has 0 N–H and O–H groups in total. The quantitative estimate of drug-likeness (QED) is 0.609. The van der Waals surface area contributed by atoms with Crippen LogP contribution < -0.4 is 0 Å². The van der Waals surface area contributed by atoms with E-state index in [2.05, 4.69) is 20.8 Å². The van der Waals surface area contributed by atoms with Crippen molar-refractivity contribution in [2.24, 2.45) is 5.41 Å². The fourth-order valence-corrected chi connectivity index (χ4v) is 0.741. The molecule has 12 heavy (non-hydrogen) atoms. The third-order valence-corrected chi connectivity index (χ3v) is 1.71. The van der Waals surface area contributed by atoms with Gasteiger partial charge in [0.15, 0.2) is 0 Å². The van der Waals surface area contributed by atoms with Crippen LogP contribution in [0.15, 0.2) is 0 Å². The molecule has 0 aliphatic carbocycles. The zero-order valence-corrected chi connectivity index (χ0v) is 8.68. The lowest BCUT2D eigenvalue weighted by molar-refractivity contribution is -0.169. The highest BCUT2D eigenvalue weighted by Gasteiger charge is 2.14. The predicted molar refractivity (Wildman–Crippen MR) is 48.5 cm³/mol. The zero-order chi connectivity index (χ0) is 9.78. The van der Waals surface area contributed by atoms with Gasteiger partial charge < -0.3 is 0 Å². The molecule has 0 radical (unpaired) electrons. The Labute approximate surface area is 74.6 Å². The number of hydrogen-bond donors (Lipinski definition) is 0. The fourth-order valence-electron chi connectivity index (χ4n) is 0.741. The van der Waals surface area contributed by atoms with Crippen LogP contribution in [0.25, 0.3) is 0 Å². The normalized spacial score (nSPS) is 11.4. The van der Waals surface area contributed by atoms with Gasteiger partial charge in [-0.3, -0.25) is 9.63 Å². The van der Waals surface area contributed by atoms with E-state index in [0.717, 1.165) is 6.42 Å². The first-order valence-corrected chi connectivity index (χ1v) is 4.17. The van der Waals surface area contributed by atoms with Crippen molar-refractivity contribution in [3.63, 3.8) is 0 Å². The molecule has 0 bridgehead atoms. The minimum Gasteiger partial charge on any atom is -0.275 e. The second-order valence-corrected chi connectivity index (χ2v) is 4.13. The molecule has 0 unspecified atom stereocenters. The van der Waals surface area contributed by atoms with Crippen LogP contribution in [-0.4, -0.2) is 25.1 Å². The van der Waals surface area contributed by atoms with E-state index in [9.17, 15) is 4.79 Å². The number of amides is 1. The van der Waals surface area contributed by atoms with E-state index in [4.69, 9.17) is 4.84 Å². The molecule has 3 nitrogen and oxygen atoms in total. The molecule has 0 aliphatic rings. The van der Waals surface area contributed by atoms with Crippen molar-refractivity contribution in [3.8, 4) is 0 Å². The van der Waals surface area contributed by atoms with Crippen LogP contribution in [0.5, 0.6) is 0 Å². The highest BCUT2D eigenvalue weighted by molar-refractivity contribution is 5.74. The van der Waals surface area contributed by atoms with Crippen LogP contribution in [0.1, 0.15) is 33.6 Å². The first-order chi connectivity index (χ1) is 5.37. The Morgan fingerprint density at radius 3 is 2.25 bits per heavy atom. The maximum Gasteiger partial charge on any atom is 0.245 e. The molecule has 0 saturated heterocycles. The van der Waals surface area contributed by atoms with Crippen LogP contribution in [0.2, 0.25) is 0 Å². The molecule has 3 heteroatoms. The molecular formula is C9H19NO2. The van der Waals surface area contributed by atoms with Crippen LogP contribution >= 0.6 is 0 Å². The monoisotopic (exact) mass is 173 g/mol. The lowest BCUT2D eigenvalue weighted by atomic mass is 9.90. The van der Waals surface area contributed by atoms with E-state index >= 15 is 0 Å². The van der Waals surface area contributed by atoms with Crippen molar-refractivity contribution in [1.29, 1.82) is 0 Å². The predicted octanol–water partition coefficient (Wildman–Crippen LogP) is 1.83. The van der Waals surface area contributed by atoms with E-state index in [1.807, 2.05) is 0 Å². The molecule has 0 saturated carbocycles. The molecule has 0 aliphatic heterocycles. The topological polar surface area (TPSA) is 29.5 Å². The summed E-state index contributed by atoms with van der Waals surface area (Å²) in [4.78, 5) is 16.0. The molecule has 0 aromatic rings. The van der Waals surface area contributed by atoms with Gasteiger partial charge in [-0.25, -0.2) is 5.06 Å². The summed E-state index contributed by atoms with van der Waals surface area (Å²) in [5.74, 6) is 0.0347. The highest BCUT2D eigenvalue weighted by atomic mass is 16.7. The second-order valence-electron chi connectivity index (χ2n) is 4.13. The van der Waals surface area contributed by atoms with E-state index in [1.54, 1.807) is 7.05 Å². The molecule has 0 atom stereocenters. The second kappa shape index (κ2) is 4.45. The van der Waals surface area contributed by atoms with Crippen LogP contribution in [0.3, 0.4) is 0 Å². The van der Waals surface area contributed by atoms with Gasteiger partial charge in [0.25, 0.3) is 0 Å². The van der Waals surface area contributed by atoms with Gasteiger partial charge in [0.05, 0.1) is 7.11 Å². The minimum absolute atomic E-state index is 0.0347. The molecule has 0 aromatic heterocycles. The van der Waals surface area contributed by atoms with Gasteiger partial charge in [-0.05, 0) is 11.8 Å². The molecule has 72 valence electrons. The number of carbonyl (C=O) groups excluding carboxylic acids is 1. The van der Waals surface area contributed by atoms with Gasteiger partial charge >= 0.3 is 0 Å². The third-order valence-electron chi connectivity index (χ3n) is 1.71. The van der Waals surface area contributed by atoms with Crippen molar-refractivity contribution in [3.05, 3.63) is 0 Å². The van der Waals surface area contributed by atoms with Crippen LogP contribution in [0, 0.1) is 5.41 Å². The number of hydroxylamine groups is 2. The smallest absolute Gasteiger partial charge is 0.245 e. The minimum atomic E-state index is 0.0347. The van der Waals surface area contributed by atoms with Crippen molar-refractivity contribution >= 4 is 5.91 Å². The van der Waals surface area contributed by atoms with Crippen molar-refractivity contribution in [2.45, 2.75) is 33.6 Å². The maximum absolute atomic E-state index is 11.2. The Balaban J connectivity index is 3.72. The Morgan fingerprint density at radius 1 is 1.42 bits per heavy atom. The summed E-state index contributed by atoms with van der Waals surface area (Å²) in [6.45, 7) is 6.35. The van der Waals surface area contributed by atoms with Crippen LogP contribution in [-0.2, 0) is 9.63 Å². The molecular weight excluding hydrogens is 154 g/mol. The van der Waals surface area contributed by atoms with E-state index < -0.39 is 0 Å². The summed E-state index contributed by atoms with van der Waals surface area (Å²) in [5.41, 5.74) is 0.213. The van der Waals surface area contributed by atoms with E-state index in [1.165, 1.54) is 12.2 Å². The van der Waals surface area contributed by atoms with Gasteiger partial charge in [-0.2, -0.15) is 0 Å². The van der Waals surface area contributed by atoms with E-state index in [-0.39, 0.29) is 11.3 Å². The Kier molecular flexibility index (Phi) is 4.24. The fraction of sp³-hybridized carbons (Fsp3) is 0.889. The molecule has 0 fully saturated rings. The lowest BCUT2D eigenvalue weighted by Crippen LogP contribution is -2.26. The van der Waals surface area contributed by atoms with Gasteiger partial charge in [0.1, 0.15) is 0 Å². The molecule has 0 rings (SSSR count). The first kappa shape index (κ1) is 11.4. The van der Waals surface area contributed by atoms with E-state index in [0.29, 0.717) is 6.42 Å². The number of rotatable bonds is 3. The van der Waals surface area contributed by atoms with Gasteiger partial charge in [-0.1, -0.05) is 20.8 Å². The largest absolute Gasteiger partial charge is 0.275 e. The molecule has 0 spiro atoms. The molecule has 0 heterocycles. The van der Waals surface area contributed by atoms with Crippen molar-refractivity contribution in [2.75, 3.05) is 14.2 Å². The molecule has 1 amide bonds. The summed E-state index contributed by atoms with van der Waals surface area (Å²) in [5, 5.41) is 1.27. The zero-order valence-electron chi connectivity index (χ0n) is 8.68. The Hall–Kier alpha value is -0.570. The SMILES string of the molecule is CON(C)C(=O)CCC(C)(C)C.